The molecule has 0 radical (unpaired) electrons. The summed E-state index contributed by atoms with van der Waals surface area (Å²) in [5.74, 6) is 0.980. The largest absolute Gasteiger partial charge is 0.316 e. The van der Waals surface area contributed by atoms with Gasteiger partial charge in [-0.2, -0.15) is 4.31 Å². The van der Waals surface area contributed by atoms with Gasteiger partial charge in [-0.1, -0.05) is 30.3 Å². The zero-order chi connectivity index (χ0) is 14.4. The van der Waals surface area contributed by atoms with Crippen molar-refractivity contribution in [2.45, 2.75) is 25.1 Å². The number of rotatable bonds is 3. The molecule has 1 aromatic rings. The van der Waals surface area contributed by atoms with E-state index in [0.717, 1.165) is 18.7 Å². The average molecular weight is 294 g/mol. The first-order valence-corrected chi connectivity index (χ1v) is 8.77. The van der Waals surface area contributed by atoms with E-state index in [9.17, 15) is 8.42 Å². The lowest BCUT2D eigenvalue weighted by atomic mass is 9.85. The Hall–Kier alpha value is -0.910. The second-order valence-electron chi connectivity index (χ2n) is 6.45. The summed E-state index contributed by atoms with van der Waals surface area (Å²) in [5.41, 5.74) is 0.570. The molecule has 2 saturated heterocycles. The van der Waals surface area contributed by atoms with Crippen LogP contribution in [0.15, 0.2) is 30.3 Å². The third-order valence-corrected chi connectivity index (χ3v) is 6.81. The Morgan fingerprint density at radius 3 is 2.60 bits per heavy atom. The molecule has 1 N–H and O–H groups in total. The van der Waals surface area contributed by atoms with Crippen molar-refractivity contribution >= 4 is 10.0 Å². The Bertz CT molecular complexity index is 583. The summed E-state index contributed by atoms with van der Waals surface area (Å²) in [7, 11) is -3.26. The Kier molecular flexibility index (Phi) is 3.39. The number of sulfonamides is 1. The maximum absolute atomic E-state index is 12.8. The molecule has 0 saturated carbocycles. The summed E-state index contributed by atoms with van der Waals surface area (Å²) in [6, 6.07) is 9.44. The second-order valence-corrected chi connectivity index (χ2v) is 8.34. The van der Waals surface area contributed by atoms with Crippen molar-refractivity contribution in [3.8, 4) is 0 Å². The Morgan fingerprint density at radius 2 is 1.95 bits per heavy atom. The van der Waals surface area contributed by atoms with Crippen LogP contribution in [-0.2, 0) is 15.8 Å². The van der Waals surface area contributed by atoms with E-state index >= 15 is 0 Å². The van der Waals surface area contributed by atoms with Gasteiger partial charge in [0, 0.05) is 18.6 Å². The highest BCUT2D eigenvalue weighted by molar-refractivity contribution is 7.88. The zero-order valence-electron chi connectivity index (χ0n) is 12.0. The molecule has 2 aliphatic heterocycles. The molecule has 2 atom stereocenters. The number of hydrogen-bond acceptors (Lipinski definition) is 3. The van der Waals surface area contributed by atoms with Crippen molar-refractivity contribution < 1.29 is 8.42 Å². The third-order valence-electron chi connectivity index (χ3n) is 4.82. The predicted octanol–water partition coefficient (Wildman–Crippen LogP) is 1.45. The average Bonchev–Trinajstić information content (AvgIpc) is 2.93. The minimum atomic E-state index is -3.26. The number of nitrogens with zero attached hydrogens (tertiary/aromatic N) is 1. The number of benzene rings is 1. The van der Waals surface area contributed by atoms with E-state index in [1.54, 1.807) is 4.31 Å². The van der Waals surface area contributed by atoms with Crippen LogP contribution in [0.2, 0.25) is 0 Å². The van der Waals surface area contributed by atoms with Crippen LogP contribution in [0.5, 0.6) is 0 Å². The molecule has 1 aromatic carbocycles. The predicted molar refractivity (Wildman–Crippen MR) is 79.7 cm³/mol. The van der Waals surface area contributed by atoms with Crippen LogP contribution in [0.25, 0.3) is 0 Å². The van der Waals surface area contributed by atoms with Crippen molar-refractivity contribution in [3.05, 3.63) is 35.9 Å². The molecule has 0 bridgehead atoms. The van der Waals surface area contributed by atoms with Gasteiger partial charge >= 0.3 is 0 Å². The summed E-state index contributed by atoms with van der Waals surface area (Å²) >= 11 is 0. The molecule has 3 rings (SSSR count). The molecule has 5 heteroatoms. The monoisotopic (exact) mass is 294 g/mol. The highest BCUT2D eigenvalue weighted by Crippen LogP contribution is 2.42. The maximum Gasteiger partial charge on any atom is 0.218 e. The van der Waals surface area contributed by atoms with Gasteiger partial charge in [-0.05, 0) is 37.8 Å². The molecule has 0 aromatic heterocycles. The van der Waals surface area contributed by atoms with Gasteiger partial charge in [-0.3, -0.25) is 0 Å². The molecule has 2 unspecified atom stereocenters. The lowest BCUT2D eigenvalue weighted by Crippen LogP contribution is -2.47. The molecule has 2 fully saturated rings. The topological polar surface area (TPSA) is 49.4 Å². The van der Waals surface area contributed by atoms with E-state index in [2.05, 4.69) is 19.2 Å². The van der Waals surface area contributed by atoms with Crippen LogP contribution >= 0.6 is 0 Å². The van der Waals surface area contributed by atoms with Crippen molar-refractivity contribution in [3.63, 3.8) is 0 Å². The summed E-state index contributed by atoms with van der Waals surface area (Å²) in [4.78, 5) is 0. The highest BCUT2D eigenvalue weighted by Gasteiger charge is 2.53. The van der Waals surface area contributed by atoms with Gasteiger partial charge in [-0.25, -0.2) is 8.42 Å². The fraction of sp³-hybridized carbons (Fsp3) is 0.600. The Labute approximate surface area is 121 Å². The van der Waals surface area contributed by atoms with Crippen LogP contribution in [0.1, 0.15) is 19.4 Å². The Morgan fingerprint density at radius 1 is 1.25 bits per heavy atom. The smallest absolute Gasteiger partial charge is 0.218 e. The van der Waals surface area contributed by atoms with Crippen molar-refractivity contribution in [1.29, 1.82) is 0 Å². The van der Waals surface area contributed by atoms with Gasteiger partial charge in [0.2, 0.25) is 10.0 Å². The molecular weight excluding hydrogens is 272 g/mol. The maximum atomic E-state index is 12.8. The highest BCUT2D eigenvalue weighted by atomic mass is 32.2. The van der Waals surface area contributed by atoms with E-state index in [1.165, 1.54) is 0 Å². The quantitative estimate of drug-likeness (QED) is 0.918. The van der Waals surface area contributed by atoms with Gasteiger partial charge in [0.25, 0.3) is 0 Å². The fourth-order valence-electron chi connectivity index (χ4n) is 3.72. The lowest BCUT2D eigenvalue weighted by Gasteiger charge is -2.34. The summed E-state index contributed by atoms with van der Waals surface area (Å²) in [6.45, 7) is 6.64. The van der Waals surface area contributed by atoms with E-state index in [4.69, 9.17) is 0 Å². The molecule has 4 nitrogen and oxygen atoms in total. The molecule has 0 aliphatic carbocycles. The number of hydrogen-bond donors (Lipinski definition) is 1. The van der Waals surface area contributed by atoms with Gasteiger partial charge in [0.15, 0.2) is 0 Å². The molecule has 2 aliphatic rings. The van der Waals surface area contributed by atoms with Gasteiger partial charge < -0.3 is 5.32 Å². The van der Waals surface area contributed by atoms with Crippen LogP contribution in [0.4, 0.5) is 0 Å². The molecule has 0 spiro atoms. The zero-order valence-corrected chi connectivity index (χ0v) is 12.9. The molecule has 20 heavy (non-hydrogen) atoms. The van der Waals surface area contributed by atoms with E-state index in [0.29, 0.717) is 18.4 Å². The van der Waals surface area contributed by atoms with E-state index < -0.39 is 10.0 Å². The van der Waals surface area contributed by atoms with Crippen molar-refractivity contribution in [2.75, 3.05) is 19.6 Å². The molecule has 2 heterocycles. The minimum Gasteiger partial charge on any atom is -0.316 e. The number of fused-ring (bicyclic) bond motifs is 1. The standard InChI is InChI=1S/C15H22N2O2S/c1-15(2)14-9-16-8-13(14)10-17(15)20(18,19)11-12-6-4-3-5-7-12/h3-7,13-14,16H,8-11H2,1-2H3. The fourth-order valence-corrected chi connectivity index (χ4v) is 5.76. The first-order chi connectivity index (χ1) is 9.41. The summed E-state index contributed by atoms with van der Waals surface area (Å²) in [6.07, 6.45) is 0. The first kappa shape index (κ1) is 14.0. The first-order valence-electron chi connectivity index (χ1n) is 7.16. The summed E-state index contributed by atoms with van der Waals surface area (Å²) in [5, 5.41) is 3.38. The molecular formula is C15H22N2O2S. The lowest BCUT2D eigenvalue weighted by molar-refractivity contribution is 0.233. The molecule has 110 valence electrons. The van der Waals surface area contributed by atoms with Gasteiger partial charge in [0.05, 0.1) is 5.75 Å². The van der Waals surface area contributed by atoms with E-state index in [1.807, 2.05) is 30.3 Å². The summed E-state index contributed by atoms with van der Waals surface area (Å²) < 4.78 is 27.2. The van der Waals surface area contributed by atoms with Crippen molar-refractivity contribution in [1.82, 2.24) is 9.62 Å². The van der Waals surface area contributed by atoms with Crippen LogP contribution in [-0.4, -0.2) is 37.9 Å². The van der Waals surface area contributed by atoms with E-state index in [-0.39, 0.29) is 11.3 Å². The van der Waals surface area contributed by atoms with Crippen LogP contribution in [0.3, 0.4) is 0 Å². The van der Waals surface area contributed by atoms with Gasteiger partial charge in [0.1, 0.15) is 0 Å². The second kappa shape index (κ2) is 4.83. The SMILES string of the molecule is CC1(C)C2CNCC2CN1S(=O)(=O)Cc1ccccc1. The Balaban J connectivity index is 1.85. The third kappa shape index (κ3) is 2.28. The number of nitrogens with one attached hydrogen (secondary N) is 1. The normalized spacial score (nSPS) is 29.5. The van der Waals surface area contributed by atoms with Gasteiger partial charge in [-0.15, -0.1) is 0 Å². The minimum absolute atomic E-state index is 0.101. The van der Waals surface area contributed by atoms with Crippen LogP contribution < -0.4 is 5.32 Å². The molecule has 0 amide bonds. The van der Waals surface area contributed by atoms with Crippen LogP contribution in [0, 0.1) is 11.8 Å². The van der Waals surface area contributed by atoms with Crippen molar-refractivity contribution in [2.24, 2.45) is 11.8 Å².